The van der Waals surface area contributed by atoms with Gasteiger partial charge in [0.15, 0.2) is 0 Å². The Balaban J connectivity index is 2.14. The molecule has 4 nitrogen and oxygen atoms in total. The number of H-pyrrole nitrogens is 1. The van der Waals surface area contributed by atoms with Crippen LogP contribution in [0.15, 0.2) is 36.5 Å². The predicted octanol–water partition coefficient (Wildman–Crippen LogP) is 2.63. The van der Waals surface area contributed by atoms with E-state index in [1.165, 1.54) is 0 Å². The van der Waals surface area contributed by atoms with Gasteiger partial charge in [-0.25, -0.2) is 4.79 Å². The summed E-state index contributed by atoms with van der Waals surface area (Å²) in [7, 11) is 0. The molecule has 0 fully saturated rings. The molecule has 1 heterocycles. The fourth-order valence-corrected chi connectivity index (χ4v) is 1.61. The van der Waals surface area contributed by atoms with Gasteiger partial charge in [0.1, 0.15) is 0 Å². The van der Waals surface area contributed by atoms with E-state index in [0.717, 1.165) is 16.9 Å². The molecule has 0 amide bonds. The Morgan fingerprint density at radius 2 is 2.24 bits per heavy atom. The molecule has 2 aromatic rings. The molecule has 0 saturated carbocycles. The number of aromatic nitrogens is 1. The third-order valence-corrected chi connectivity index (χ3v) is 2.62. The lowest BCUT2D eigenvalue weighted by molar-refractivity contribution is 0.0697. The van der Waals surface area contributed by atoms with E-state index in [4.69, 9.17) is 5.11 Å². The number of rotatable bonds is 4. The molecular weight excluding hydrogens is 216 g/mol. The number of nitrogens with one attached hydrogen (secondary N) is 2. The van der Waals surface area contributed by atoms with Gasteiger partial charge in [0.2, 0.25) is 0 Å². The van der Waals surface area contributed by atoms with Crippen molar-refractivity contribution in [3.63, 3.8) is 0 Å². The molecule has 0 unspecified atom stereocenters. The number of carbonyl (C=O) groups is 1. The van der Waals surface area contributed by atoms with E-state index in [-0.39, 0.29) is 0 Å². The van der Waals surface area contributed by atoms with Gasteiger partial charge in [-0.05, 0) is 36.8 Å². The molecule has 3 N–H and O–H groups in total. The molecule has 0 spiro atoms. The number of benzene rings is 1. The van der Waals surface area contributed by atoms with E-state index in [1.54, 1.807) is 18.2 Å². The first-order valence-corrected chi connectivity index (χ1v) is 5.37. The Morgan fingerprint density at radius 3 is 2.88 bits per heavy atom. The van der Waals surface area contributed by atoms with Crippen molar-refractivity contribution < 1.29 is 9.90 Å². The number of aryl methyl sites for hydroxylation is 1. The molecule has 2 rings (SSSR count). The van der Waals surface area contributed by atoms with Crippen LogP contribution in [-0.2, 0) is 6.54 Å². The lowest BCUT2D eigenvalue weighted by atomic mass is 10.1. The smallest absolute Gasteiger partial charge is 0.335 e. The summed E-state index contributed by atoms with van der Waals surface area (Å²) in [5, 5.41) is 12.1. The van der Waals surface area contributed by atoms with Crippen molar-refractivity contribution in [2.24, 2.45) is 0 Å². The highest BCUT2D eigenvalue weighted by Gasteiger charge is 2.05. The minimum atomic E-state index is -0.909. The largest absolute Gasteiger partial charge is 0.478 e. The first-order chi connectivity index (χ1) is 8.16. The third-order valence-electron chi connectivity index (χ3n) is 2.62. The minimum absolute atomic E-state index is 0.296. The van der Waals surface area contributed by atoms with E-state index in [2.05, 4.69) is 10.3 Å². The van der Waals surface area contributed by atoms with Crippen LogP contribution in [0.25, 0.3) is 0 Å². The molecule has 0 bridgehead atoms. The second-order valence-corrected chi connectivity index (χ2v) is 3.88. The standard InChI is InChI=1S/C13H14N2O2/c1-9-4-5-10(13(16)17)7-12(9)15-8-11-3-2-6-14-11/h2-7,14-15H,8H2,1H3,(H,16,17). The fraction of sp³-hybridized carbons (Fsp3) is 0.154. The summed E-state index contributed by atoms with van der Waals surface area (Å²) in [5.74, 6) is -0.909. The van der Waals surface area contributed by atoms with Crippen molar-refractivity contribution in [2.45, 2.75) is 13.5 Å². The number of aromatic amines is 1. The quantitative estimate of drug-likeness (QED) is 0.756. The van der Waals surface area contributed by atoms with Gasteiger partial charge in [0.25, 0.3) is 0 Å². The minimum Gasteiger partial charge on any atom is -0.478 e. The summed E-state index contributed by atoms with van der Waals surface area (Å²) in [6, 6.07) is 8.97. The maximum Gasteiger partial charge on any atom is 0.335 e. The lowest BCUT2D eigenvalue weighted by Gasteiger charge is -2.09. The molecule has 0 aliphatic rings. The monoisotopic (exact) mass is 230 g/mol. The highest BCUT2D eigenvalue weighted by atomic mass is 16.4. The molecule has 0 atom stereocenters. The summed E-state index contributed by atoms with van der Waals surface area (Å²) >= 11 is 0. The van der Waals surface area contributed by atoms with Crippen LogP contribution in [-0.4, -0.2) is 16.1 Å². The van der Waals surface area contributed by atoms with Crippen LogP contribution in [0.4, 0.5) is 5.69 Å². The molecule has 88 valence electrons. The van der Waals surface area contributed by atoms with Crippen molar-refractivity contribution in [1.82, 2.24) is 4.98 Å². The van der Waals surface area contributed by atoms with Gasteiger partial charge in [0.05, 0.1) is 12.1 Å². The van der Waals surface area contributed by atoms with Gasteiger partial charge in [0, 0.05) is 17.6 Å². The molecule has 1 aromatic carbocycles. The van der Waals surface area contributed by atoms with E-state index in [1.807, 2.05) is 25.3 Å². The van der Waals surface area contributed by atoms with Crippen molar-refractivity contribution in [2.75, 3.05) is 5.32 Å². The molecular formula is C13H14N2O2. The molecule has 0 aliphatic carbocycles. The zero-order valence-electron chi connectivity index (χ0n) is 9.53. The van der Waals surface area contributed by atoms with Gasteiger partial charge in [-0.15, -0.1) is 0 Å². The van der Waals surface area contributed by atoms with Crippen molar-refractivity contribution in [3.05, 3.63) is 53.3 Å². The van der Waals surface area contributed by atoms with Crippen LogP contribution < -0.4 is 5.32 Å². The van der Waals surface area contributed by atoms with Crippen LogP contribution in [0.1, 0.15) is 21.6 Å². The normalized spacial score (nSPS) is 10.2. The van der Waals surface area contributed by atoms with Crippen LogP contribution in [0.2, 0.25) is 0 Å². The molecule has 0 saturated heterocycles. The second-order valence-electron chi connectivity index (χ2n) is 3.88. The number of anilines is 1. The average Bonchev–Trinajstić information content (AvgIpc) is 2.80. The number of carboxylic acid groups (broad SMARTS) is 1. The number of hydrogen-bond donors (Lipinski definition) is 3. The molecule has 17 heavy (non-hydrogen) atoms. The first kappa shape index (κ1) is 11.3. The Kier molecular flexibility index (Phi) is 3.14. The summed E-state index contributed by atoms with van der Waals surface area (Å²) in [6.45, 7) is 2.60. The van der Waals surface area contributed by atoms with Crippen LogP contribution >= 0.6 is 0 Å². The Hall–Kier alpha value is -2.23. The van der Waals surface area contributed by atoms with Gasteiger partial charge in [-0.1, -0.05) is 6.07 Å². The molecule has 0 radical (unpaired) electrons. The topological polar surface area (TPSA) is 65.1 Å². The maximum atomic E-state index is 10.9. The van der Waals surface area contributed by atoms with Crippen molar-refractivity contribution >= 4 is 11.7 Å². The molecule has 1 aromatic heterocycles. The fourth-order valence-electron chi connectivity index (χ4n) is 1.61. The highest BCUT2D eigenvalue weighted by molar-refractivity contribution is 5.89. The van der Waals surface area contributed by atoms with Gasteiger partial charge in [-0.2, -0.15) is 0 Å². The summed E-state index contributed by atoms with van der Waals surface area (Å²) < 4.78 is 0. The number of carboxylic acids is 1. The van der Waals surface area contributed by atoms with Gasteiger partial charge in [-0.3, -0.25) is 0 Å². The average molecular weight is 230 g/mol. The summed E-state index contributed by atoms with van der Waals surface area (Å²) in [5.41, 5.74) is 3.23. The van der Waals surface area contributed by atoms with E-state index in [0.29, 0.717) is 12.1 Å². The van der Waals surface area contributed by atoms with Gasteiger partial charge < -0.3 is 15.4 Å². The van der Waals surface area contributed by atoms with E-state index < -0.39 is 5.97 Å². The Labute approximate surface area is 99.3 Å². The van der Waals surface area contributed by atoms with Crippen molar-refractivity contribution in [1.29, 1.82) is 0 Å². The third kappa shape index (κ3) is 2.66. The summed E-state index contributed by atoms with van der Waals surface area (Å²) in [6.07, 6.45) is 1.86. The molecule has 4 heteroatoms. The second kappa shape index (κ2) is 4.74. The van der Waals surface area contributed by atoms with E-state index >= 15 is 0 Å². The zero-order chi connectivity index (χ0) is 12.3. The van der Waals surface area contributed by atoms with Crippen LogP contribution in [0, 0.1) is 6.92 Å². The molecule has 0 aliphatic heterocycles. The number of hydrogen-bond acceptors (Lipinski definition) is 2. The first-order valence-electron chi connectivity index (χ1n) is 5.37. The van der Waals surface area contributed by atoms with Crippen LogP contribution in [0.5, 0.6) is 0 Å². The van der Waals surface area contributed by atoms with Gasteiger partial charge >= 0.3 is 5.97 Å². The van der Waals surface area contributed by atoms with Crippen LogP contribution in [0.3, 0.4) is 0 Å². The Morgan fingerprint density at radius 1 is 1.41 bits per heavy atom. The Bertz CT molecular complexity index is 518. The predicted molar refractivity (Wildman–Crippen MR) is 66.3 cm³/mol. The summed E-state index contributed by atoms with van der Waals surface area (Å²) in [4.78, 5) is 13.9. The SMILES string of the molecule is Cc1ccc(C(=O)O)cc1NCc1ccc[nH]1. The number of aromatic carboxylic acids is 1. The highest BCUT2D eigenvalue weighted by Crippen LogP contribution is 2.17. The maximum absolute atomic E-state index is 10.9. The lowest BCUT2D eigenvalue weighted by Crippen LogP contribution is -2.04. The zero-order valence-corrected chi connectivity index (χ0v) is 9.53. The van der Waals surface area contributed by atoms with Crippen molar-refractivity contribution in [3.8, 4) is 0 Å². The van der Waals surface area contributed by atoms with E-state index in [9.17, 15) is 4.79 Å².